The van der Waals surface area contributed by atoms with E-state index in [9.17, 15) is 18.5 Å². The Morgan fingerprint density at radius 2 is 1.83 bits per heavy atom. The first-order valence-corrected chi connectivity index (χ1v) is 9.25. The van der Waals surface area contributed by atoms with Gasteiger partial charge in [0.2, 0.25) is 10.0 Å². The van der Waals surface area contributed by atoms with Crippen LogP contribution in [0.1, 0.15) is 5.56 Å². The van der Waals surface area contributed by atoms with E-state index >= 15 is 0 Å². The van der Waals surface area contributed by atoms with E-state index in [4.69, 9.17) is 5.14 Å². The highest BCUT2D eigenvalue weighted by Crippen LogP contribution is 2.48. The van der Waals surface area contributed by atoms with Crippen molar-refractivity contribution in [3.8, 4) is 0 Å². The maximum absolute atomic E-state index is 11.3. The SMILES string of the molecule is NS(=O)(=O)c1ccc(C2(Sc3ncc([N+](=O)[O-])s3)N=NN=N2)cc1. The fourth-order valence-corrected chi connectivity index (χ4v) is 4.27. The van der Waals surface area contributed by atoms with Gasteiger partial charge in [0.05, 0.1) is 9.82 Å². The van der Waals surface area contributed by atoms with Crippen LogP contribution in [0.3, 0.4) is 0 Å². The number of thioether (sulfide) groups is 1. The monoisotopic (exact) mass is 385 g/mol. The highest BCUT2D eigenvalue weighted by molar-refractivity contribution is 8.01. The van der Waals surface area contributed by atoms with Gasteiger partial charge in [0.1, 0.15) is 6.20 Å². The maximum Gasteiger partial charge on any atom is 0.344 e. The average Bonchev–Trinajstić information content (AvgIpc) is 3.17. The van der Waals surface area contributed by atoms with Gasteiger partial charge in [-0.05, 0) is 45.7 Å². The first-order valence-electron chi connectivity index (χ1n) is 6.07. The number of primary sulfonamides is 1. The van der Waals surface area contributed by atoms with Crippen LogP contribution in [0.15, 0.2) is 60.4 Å². The summed E-state index contributed by atoms with van der Waals surface area (Å²) in [5.41, 5.74) is 0.475. The molecule has 1 aliphatic rings. The maximum atomic E-state index is 11.3. The van der Waals surface area contributed by atoms with E-state index in [0.29, 0.717) is 9.90 Å². The van der Waals surface area contributed by atoms with Crippen LogP contribution >= 0.6 is 23.1 Å². The molecule has 2 N–H and O–H groups in total. The second-order valence-electron chi connectivity index (χ2n) is 4.38. The van der Waals surface area contributed by atoms with Gasteiger partial charge in [-0.2, -0.15) is 0 Å². The van der Waals surface area contributed by atoms with E-state index < -0.39 is 19.9 Å². The molecule has 0 amide bonds. The molecule has 2 heterocycles. The summed E-state index contributed by atoms with van der Waals surface area (Å²) in [5.74, 6) is 0. The zero-order valence-electron chi connectivity index (χ0n) is 11.5. The Kier molecular flexibility index (Phi) is 4.12. The van der Waals surface area contributed by atoms with Gasteiger partial charge >= 0.3 is 5.00 Å². The smallest absolute Gasteiger partial charge is 0.257 e. The number of hydrogen-bond acceptors (Lipinski definition) is 11. The molecule has 1 aromatic heterocycles. The molecule has 0 fully saturated rings. The average molecular weight is 385 g/mol. The molecule has 124 valence electrons. The zero-order valence-corrected chi connectivity index (χ0v) is 14.0. The lowest BCUT2D eigenvalue weighted by Gasteiger charge is -2.17. The number of thiazole rings is 1. The fourth-order valence-electron chi connectivity index (χ4n) is 1.76. The molecule has 1 aromatic carbocycles. The molecule has 0 unspecified atom stereocenters. The molecule has 0 bridgehead atoms. The summed E-state index contributed by atoms with van der Waals surface area (Å²) < 4.78 is 23.0. The third-order valence-corrected chi connectivity index (χ3v) is 5.98. The molecule has 11 nitrogen and oxygen atoms in total. The normalized spacial score (nSPS) is 15.7. The van der Waals surface area contributed by atoms with Crippen LogP contribution in [-0.4, -0.2) is 18.3 Å². The summed E-state index contributed by atoms with van der Waals surface area (Å²) in [7, 11) is -3.83. The summed E-state index contributed by atoms with van der Waals surface area (Å²) in [4.78, 5) is 12.8. The van der Waals surface area contributed by atoms with Gasteiger partial charge in [0.25, 0.3) is 4.99 Å². The van der Waals surface area contributed by atoms with E-state index in [1.807, 2.05) is 0 Å². The Hall–Kier alpha value is -2.29. The molecule has 0 spiro atoms. The summed E-state index contributed by atoms with van der Waals surface area (Å²) in [6, 6.07) is 5.55. The quantitative estimate of drug-likeness (QED) is 0.613. The Labute approximate surface area is 142 Å². The van der Waals surface area contributed by atoms with Gasteiger partial charge in [-0.1, -0.05) is 12.1 Å². The number of nitro groups is 1. The first kappa shape index (κ1) is 16.6. The minimum Gasteiger partial charge on any atom is -0.257 e. The third kappa shape index (κ3) is 3.16. The molecular formula is C10H7N7O4S3. The van der Waals surface area contributed by atoms with Crippen LogP contribution in [0.5, 0.6) is 0 Å². The lowest BCUT2D eigenvalue weighted by molar-refractivity contribution is -0.380. The molecule has 0 radical (unpaired) electrons. The van der Waals surface area contributed by atoms with Crippen molar-refractivity contribution in [3.63, 3.8) is 0 Å². The molecule has 0 saturated heterocycles. The molecular weight excluding hydrogens is 378 g/mol. The number of aromatic nitrogens is 1. The molecule has 0 saturated carbocycles. The second-order valence-corrected chi connectivity index (χ2v) is 8.37. The van der Waals surface area contributed by atoms with Crippen molar-refractivity contribution in [3.05, 3.63) is 46.1 Å². The number of hydrogen-bond donors (Lipinski definition) is 1. The highest BCUT2D eigenvalue weighted by Gasteiger charge is 2.39. The van der Waals surface area contributed by atoms with Crippen LogP contribution in [-0.2, 0) is 15.0 Å². The Balaban J connectivity index is 1.95. The number of rotatable bonds is 5. The highest BCUT2D eigenvalue weighted by atomic mass is 32.2. The predicted molar refractivity (Wildman–Crippen MR) is 83.8 cm³/mol. The van der Waals surface area contributed by atoms with E-state index in [-0.39, 0.29) is 9.90 Å². The van der Waals surface area contributed by atoms with Gasteiger partial charge in [-0.25, -0.2) is 18.5 Å². The summed E-state index contributed by atoms with van der Waals surface area (Å²) >= 11 is 1.87. The third-order valence-electron chi connectivity index (χ3n) is 2.84. The largest absolute Gasteiger partial charge is 0.344 e. The lowest BCUT2D eigenvalue weighted by atomic mass is 10.2. The number of nitrogens with two attached hydrogens (primary N) is 1. The summed E-state index contributed by atoms with van der Waals surface area (Å²) in [5, 5.41) is 30.6. The molecule has 0 aliphatic carbocycles. The molecule has 0 atom stereocenters. The summed E-state index contributed by atoms with van der Waals surface area (Å²) in [6.45, 7) is 0. The van der Waals surface area contributed by atoms with Crippen LogP contribution in [0.25, 0.3) is 0 Å². The molecule has 2 aromatic rings. The van der Waals surface area contributed by atoms with Crippen molar-refractivity contribution in [1.82, 2.24) is 4.98 Å². The van der Waals surface area contributed by atoms with Gasteiger partial charge < -0.3 is 0 Å². The minimum absolute atomic E-state index is 0.0665. The van der Waals surface area contributed by atoms with E-state index in [1.165, 1.54) is 24.3 Å². The van der Waals surface area contributed by atoms with Crippen molar-refractivity contribution >= 4 is 38.1 Å². The van der Waals surface area contributed by atoms with Crippen molar-refractivity contribution in [2.24, 2.45) is 25.8 Å². The molecule has 1 aliphatic heterocycles. The van der Waals surface area contributed by atoms with E-state index in [0.717, 1.165) is 29.3 Å². The molecule has 14 heteroatoms. The zero-order chi connectivity index (χ0) is 17.4. The van der Waals surface area contributed by atoms with Gasteiger partial charge in [0.15, 0.2) is 4.34 Å². The fraction of sp³-hybridized carbons (Fsp3) is 0.100. The number of benzene rings is 1. The van der Waals surface area contributed by atoms with Crippen LogP contribution in [0, 0.1) is 10.1 Å². The van der Waals surface area contributed by atoms with Crippen LogP contribution < -0.4 is 5.14 Å². The van der Waals surface area contributed by atoms with Gasteiger partial charge in [-0.15, -0.1) is 10.2 Å². The van der Waals surface area contributed by atoms with Crippen LogP contribution in [0.2, 0.25) is 0 Å². The predicted octanol–water partition coefficient (Wildman–Crippen LogP) is 2.43. The van der Waals surface area contributed by atoms with Crippen LogP contribution in [0.4, 0.5) is 5.00 Å². The number of sulfonamides is 1. The van der Waals surface area contributed by atoms with E-state index in [2.05, 4.69) is 25.7 Å². The lowest BCUT2D eigenvalue weighted by Crippen LogP contribution is -2.15. The molecule has 24 heavy (non-hydrogen) atoms. The summed E-state index contributed by atoms with van der Waals surface area (Å²) in [6.07, 6.45) is 1.13. The van der Waals surface area contributed by atoms with E-state index in [1.54, 1.807) is 0 Å². The van der Waals surface area contributed by atoms with Crippen molar-refractivity contribution < 1.29 is 13.3 Å². The van der Waals surface area contributed by atoms with Gasteiger partial charge in [0, 0.05) is 5.56 Å². The standard InChI is InChI=1S/C10H7N7O4S3/c11-24(20,21)7-3-1-6(2-4-7)10(13-15-16-14-10)23-9-12-5-8(22-9)17(18)19/h1-5H,(H2,11,20,21). The van der Waals surface area contributed by atoms with Gasteiger partial charge in [-0.3, -0.25) is 10.1 Å². The van der Waals surface area contributed by atoms with Crippen molar-refractivity contribution in [2.45, 2.75) is 14.2 Å². The topological polar surface area (TPSA) is 166 Å². The molecule has 3 rings (SSSR count). The van der Waals surface area contributed by atoms with Crippen molar-refractivity contribution in [2.75, 3.05) is 0 Å². The minimum atomic E-state index is -3.83. The Bertz CT molecular complexity index is 939. The number of nitrogens with zero attached hydrogens (tertiary/aromatic N) is 6. The first-order chi connectivity index (χ1) is 11.3. The Morgan fingerprint density at radius 3 is 2.33 bits per heavy atom. The Morgan fingerprint density at radius 1 is 1.21 bits per heavy atom. The van der Waals surface area contributed by atoms with Crippen molar-refractivity contribution in [1.29, 1.82) is 0 Å². The second kappa shape index (κ2) is 5.97.